The lowest BCUT2D eigenvalue weighted by molar-refractivity contribution is 0.0956. The zero-order valence-corrected chi connectivity index (χ0v) is 24.9. The Hall–Kier alpha value is -3.02. The Bertz CT molecular complexity index is 1660. The highest BCUT2D eigenvalue weighted by Crippen LogP contribution is 2.29. The number of carbonyl (C=O) groups excluding carboxylic acids is 1. The fourth-order valence-corrected chi connectivity index (χ4v) is 6.21. The first-order valence-electron chi connectivity index (χ1n) is 11.6. The molecule has 5 nitrogen and oxygen atoms in total. The summed E-state index contributed by atoms with van der Waals surface area (Å²) in [5.74, 6) is 0.364. The van der Waals surface area contributed by atoms with Gasteiger partial charge in [0.25, 0.3) is 5.91 Å². The van der Waals surface area contributed by atoms with E-state index in [2.05, 4.69) is 55.7 Å². The van der Waals surface area contributed by atoms with E-state index in [0.29, 0.717) is 22.9 Å². The van der Waals surface area contributed by atoms with Crippen LogP contribution in [0.4, 0.5) is 0 Å². The Morgan fingerprint density at radius 1 is 0.947 bits per heavy atom. The lowest BCUT2D eigenvalue weighted by Crippen LogP contribution is -2.18. The van der Waals surface area contributed by atoms with E-state index < -0.39 is 0 Å². The molecule has 0 fully saturated rings. The molecular formula is C30H20ClI2N3O2. The lowest BCUT2D eigenvalue weighted by atomic mass is 10.0. The van der Waals surface area contributed by atoms with Crippen molar-refractivity contribution in [3.8, 4) is 17.0 Å². The van der Waals surface area contributed by atoms with Gasteiger partial charge in [0.1, 0.15) is 12.4 Å². The van der Waals surface area contributed by atoms with E-state index in [1.807, 2.05) is 91.0 Å². The second kappa shape index (κ2) is 12.2. The second-order valence-electron chi connectivity index (χ2n) is 8.36. The Morgan fingerprint density at radius 2 is 1.74 bits per heavy atom. The fourth-order valence-electron chi connectivity index (χ4n) is 3.95. The smallest absolute Gasteiger partial charge is 0.272 e. The molecule has 5 rings (SSSR count). The SMILES string of the molecule is O=C(N/N=C\c1cc(I)cc(I)c1OCc1cccc(Cl)c1)c1cc(-c2ccccc2)nc2ccccc12. The molecular weight excluding hydrogens is 724 g/mol. The van der Waals surface area contributed by atoms with Gasteiger partial charge < -0.3 is 4.74 Å². The quantitative estimate of drug-likeness (QED) is 0.104. The van der Waals surface area contributed by atoms with Crippen LogP contribution in [0.5, 0.6) is 5.75 Å². The molecule has 0 spiro atoms. The van der Waals surface area contributed by atoms with Gasteiger partial charge >= 0.3 is 0 Å². The van der Waals surface area contributed by atoms with Gasteiger partial charge in [-0.05, 0) is 87.1 Å². The van der Waals surface area contributed by atoms with Crippen molar-refractivity contribution in [2.75, 3.05) is 0 Å². The minimum Gasteiger partial charge on any atom is -0.487 e. The molecule has 0 bridgehead atoms. The zero-order chi connectivity index (χ0) is 26.5. The summed E-state index contributed by atoms with van der Waals surface area (Å²) in [6.45, 7) is 0.357. The number of rotatable bonds is 7. The highest BCUT2D eigenvalue weighted by molar-refractivity contribution is 14.1. The number of amides is 1. The van der Waals surface area contributed by atoms with Crippen molar-refractivity contribution < 1.29 is 9.53 Å². The van der Waals surface area contributed by atoms with Crippen LogP contribution >= 0.6 is 56.8 Å². The maximum atomic E-state index is 13.3. The van der Waals surface area contributed by atoms with Gasteiger partial charge in [-0.3, -0.25) is 4.79 Å². The van der Waals surface area contributed by atoms with Crippen LogP contribution in [0.2, 0.25) is 5.02 Å². The van der Waals surface area contributed by atoms with Crippen molar-refractivity contribution in [2.24, 2.45) is 5.10 Å². The molecule has 1 amide bonds. The van der Waals surface area contributed by atoms with Crippen LogP contribution in [0.15, 0.2) is 102 Å². The summed E-state index contributed by atoms with van der Waals surface area (Å²) >= 11 is 10.6. The Morgan fingerprint density at radius 3 is 2.55 bits per heavy atom. The molecule has 1 N–H and O–H groups in total. The number of nitrogens with one attached hydrogen (secondary N) is 1. The number of halogens is 3. The van der Waals surface area contributed by atoms with Crippen molar-refractivity contribution in [3.63, 3.8) is 0 Å². The van der Waals surface area contributed by atoms with Gasteiger partial charge in [0.2, 0.25) is 0 Å². The van der Waals surface area contributed by atoms with Crippen LogP contribution in [0.25, 0.3) is 22.2 Å². The molecule has 0 saturated carbocycles. The van der Waals surface area contributed by atoms with Gasteiger partial charge in [0.15, 0.2) is 0 Å². The van der Waals surface area contributed by atoms with Crippen LogP contribution in [-0.2, 0) is 6.61 Å². The number of para-hydroxylation sites is 1. The topological polar surface area (TPSA) is 63.6 Å². The van der Waals surface area contributed by atoms with Crippen molar-refractivity contribution in [3.05, 3.63) is 126 Å². The summed E-state index contributed by atoms with van der Waals surface area (Å²) in [6.07, 6.45) is 1.61. The number of fused-ring (bicyclic) bond motifs is 1. The van der Waals surface area contributed by atoms with E-state index in [4.69, 9.17) is 21.3 Å². The summed E-state index contributed by atoms with van der Waals surface area (Å²) in [5.41, 5.74) is 7.31. The number of hydrogen-bond donors (Lipinski definition) is 1. The molecule has 8 heteroatoms. The third kappa shape index (κ3) is 6.33. The number of carbonyl (C=O) groups is 1. The molecule has 0 saturated heterocycles. The molecule has 0 aliphatic rings. The van der Waals surface area contributed by atoms with Crippen molar-refractivity contribution in [1.82, 2.24) is 10.4 Å². The predicted molar refractivity (Wildman–Crippen MR) is 170 cm³/mol. The van der Waals surface area contributed by atoms with E-state index in [1.54, 1.807) is 12.3 Å². The normalized spacial score (nSPS) is 11.1. The molecule has 5 aromatic rings. The Labute approximate surface area is 252 Å². The summed E-state index contributed by atoms with van der Waals surface area (Å²) in [7, 11) is 0. The third-order valence-electron chi connectivity index (χ3n) is 5.71. The van der Waals surface area contributed by atoms with Gasteiger partial charge in [-0.25, -0.2) is 10.4 Å². The number of hydrazone groups is 1. The van der Waals surface area contributed by atoms with Crippen LogP contribution < -0.4 is 10.2 Å². The molecule has 188 valence electrons. The summed E-state index contributed by atoms with van der Waals surface area (Å²) in [6, 6.07) is 30.7. The van der Waals surface area contributed by atoms with E-state index in [1.165, 1.54) is 0 Å². The molecule has 0 aliphatic heterocycles. The molecule has 0 aliphatic carbocycles. The first kappa shape index (κ1) is 26.6. The van der Waals surface area contributed by atoms with Crippen molar-refractivity contribution in [2.45, 2.75) is 6.61 Å². The number of pyridine rings is 1. The molecule has 1 heterocycles. The molecule has 1 aromatic heterocycles. The van der Waals surface area contributed by atoms with Crippen LogP contribution in [0, 0.1) is 7.14 Å². The van der Waals surface area contributed by atoms with Gasteiger partial charge in [-0.15, -0.1) is 0 Å². The molecule has 0 unspecified atom stereocenters. The minimum absolute atomic E-state index is 0.321. The monoisotopic (exact) mass is 743 g/mol. The molecule has 0 atom stereocenters. The summed E-state index contributed by atoms with van der Waals surface area (Å²) in [5, 5.41) is 5.70. The highest BCUT2D eigenvalue weighted by Gasteiger charge is 2.14. The summed E-state index contributed by atoms with van der Waals surface area (Å²) < 4.78 is 8.12. The van der Waals surface area contributed by atoms with Crippen LogP contribution in [0.1, 0.15) is 21.5 Å². The summed E-state index contributed by atoms with van der Waals surface area (Å²) in [4.78, 5) is 18.0. The average Bonchev–Trinajstić information content (AvgIpc) is 2.92. The number of hydrogen-bond acceptors (Lipinski definition) is 4. The Kier molecular flexibility index (Phi) is 8.55. The standard InChI is InChI=1S/C30H20ClI2N3O2/c31-22-10-6-7-19(13-22)18-38-29-21(14-23(32)15-26(29)33)17-34-36-30(37)25-16-28(20-8-2-1-3-9-20)35-27-12-5-4-11-24(25)27/h1-17H,18H2,(H,36,37)/b34-17-. The first-order chi connectivity index (χ1) is 18.5. The second-order valence-corrected chi connectivity index (χ2v) is 11.2. The number of ether oxygens (including phenoxy) is 1. The van der Waals surface area contributed by atoms with E-state index >= 15 is 0 Å². The van der Waals surface area contributed by atoms with Gasteiger partial charge in [-0.1, -0.05) is 72.3 Å². The Balaban J connectivity index is 1.40. The van der Waals surface area contributed by atoms with Gasteiger partial charge in [-0.2, -0.15) is 5.10 Å². The maximum absolute atomic E-state index is 13.3. The van der Waals surface area contributed by atoms with Crippen LogP contribution in [0.3, 0.4) is 0 Å². The maximum Gasteiger partial charge on any atom is 0.272 e. The predicted octanol–water partition coefficient (Wildman–Crippen LogP) is 8.11. The largest absolute Gasteiger partial charge is 0.487 e. The van der Waals surface area contributed by atoms with Gasteiger partial charge in [0.05, 0.1) is 26.6 Å². The third-order valence-corrected chi connectivity index (χ3v) is 7.37. The van der Waals surface area contributed by atoms with Crippen molar-refractivity contribution >= 4 is 79.8 Å². The van der Waals surface area contributed by atoms with Gasteiger partial charge in [0, 0.05) is 25.1 Å². The molecule has 4 aromatic carbocycles. The zero-order valence-electron chi connectivity index (χ0n) is 19.9. The molecule has 0 radical (unpaired) electrons. The number of aromatic nitrogens is 1. The highest BCUT2D eigenvalue weighted by atomic mass is 127. The minimum atomic E-state index is -0.321. The average molecular weight is 744 g/mol. The fraction of sp³-hybridized carbons (Fsp3) is 0.0333. The first-order valence-corrected chi connectivity index (χ1v) is 14.2. The van der Waals surface area contributed by atoms with Crippen LogP contribution in [-0.4, -0.2) is 17.1 Å². The van der Waals surface area contributed by atoms with E-state index in [-0.39, 0.29) is 5.91 Å². The number of benzene rings is 4. The lowest BCUT2D eigenvalue weighted by Gasteiger charge is -2.12. The number of nitrogens with zero attached hydrogens (tertiary/aromatic N) is 2. The van der Waals surface area contributed by atoms with E-state index in [0.717, 1.165) is 40.4 Å². The van der Waals surface area contributed by atoms with Crippen molar-refractivity contribution in [1.29, 1.82) is 0 Å². The van der Waals surface area contributed by atoms with E-state index in [9.17, 15) is 4.79 Å². The molecule has 38 heavy (non-hydrogen) atoms.